The molecule has 4 aromatic rings. The zero-order valence-corrected chi connectivity index (χ0v) is 19.6. The fourth-order valence-corrected chi connectivity index (χ4v) is 4.42. The summed E-state index contributed by atoms with van der Waals surface area (Å²) < 4.78 is 12.0. The molecule has 0 aliphatic carbocycles. The van der Waals surface area contributed by atoms with Gasteiger partial charge in [0.05, 0.1) is 30.1 Å². The van der Waals surface area contributed by atoms with E-state index in [2.05, 4.69) is 36.3 Å². The van der Waals surface area contributed by atoms with Crippen LogP contribution in [-0.4, -0.2) is 45.6 Å². The molecular weight excluding hydrogens is 430 g/mol. The third-order valence-corrected chi connectivity index (χ3v) is 6.25. The number of nitrogens with zero attached hydrogens (tertiary/aromatic N) is 6. The number of aromatic nitrogens is 5. The van der Waals surface area contributed by atoms with Crippen molar-refractivity contribution in [2.75, 3.05) is 25.1 Å². The maximum atomic E-state index is 9.70. The molecule has 0 spiro atoms. The minimum Gasteiger partial charge on any atom is -0.493 e. The first-order valence-electron chi connectivity index (χ1n) is 11.2. The zero-order valence-electron chi connectivity index (χ0n) is 19.6. The highest BCUT2D eigenvalue weighted by Gasteiger charge is 2.22. The van der Waals surface area contributed by atoms with Crippen molar-refractivity contribution >= 4 is 16.7 Å². The average molecular weight is 456 g/mol. The van der Waals surface area contributed by atoms with Crippen LogP contribution in [0, 0.1) is 25.2 Å². The largest absolute Gasteiger partial charge is 0.493 e. The summed E-state index contributed by atoms with van der Waals surface area (Å²) in [6, 6.07) is 7.91. The number of aryl methyl sites for hydroxylation is 2. The van der Waals surface area contributed by atoms with E-state index in [4.69, 9.17) is 9.47 Å². The Bertz CT molecular complexity index is 1400. The van der Waals surface area contributed by atoms with Crippen molar-refractivity contribution < 1.29 is 9.47 Å². The van der Waals surface area contributed by atoms with Crippen molar-refractivity contribution in [3.05, 3.63) is 53.0 Å². The van der Waals surface area contributed by atoms with E-state index in [1.165, 1.54) is 0 Å². The van der Waals surface area contributed by atoms with E-state index in [0.29, 0.717) is 22.8 Å². The lowest BCUT2D eigenvalue weighted by atomic mass is 10.0. The molecule has 4 heterocycles. The molecular formula is C25H25N7O2. The SMILES string of the molecule is COc1cc2[nH]nc(-c3cnc(N4CCC4)c(C#N)c3)c2cc1O[C@H](C)c1c(C)cnnc1C. The van der Waals surface area contributed by atoms with Crippen LogP contribution in [0.5, 0.6) is 11.5 Å². The Morgan fingerprint density at radius 3 is 2.65 bits per heavy atom. The Morgan fingerprint density at radius 1 is 1.15 bits per heavy atom. The lowest BCUT2D eigenvalue weighted by Crippen LogP contribution is -2.38. The van der Waals surface area contributed by atoms with Gasteiger partial charge in [0.2, 0.25) is 0 Å². The lowest BCUT2D eigenvalue weighted by molar-refractivity contribution is 0.214. The minimum absolute atomic E-state index is 0.264. The molecule has 0 radical (unpaired) electrons. The number of ether oxygens (including phenoxy) is 2. The van der Waals surface area contributed by atoms with Crippen LogP contribution in [0.3, 0.4) is 0 Å². The normalized spacial score (nSPS) is 13.9. The summed E-state index contributed by atoms with van der Waals surface area (Å²) in [6.07, 6.45) is 4.36. The van der Waals surface area contributed by atoms with Crippen molar-refractivity contribution in [1.82, 2.24) is 25.4 Å². The molecule has 1 saturated heterocycles. The van der Waals surface area contributed by atoms with Crippen LogP contribution in [0.15, 0.2) is 30.6 Å². The Balaban J connectivity index is 1.55. The van der Waals surface area contributed by atoms with Gasteiger partial charge in [0.15, 0.2) is 11.5 Å². The summed E-state index contributed by atoms with van der Waals surface area (Å²) >= 11 is 0. The van der Waals surface area contributed by atoms with E-state index < -0.39 is 0 Å². The van der Waals surface area contributed by atoms with E-state index in [-0.39, 0.29) is 6.10 Å². The number of hydrogen-bond donors (Lipinski definition) is 1. The van der Waals surface area contributed by atoms with Crippen LogP contribution in [0.2, 0.25) is 0 Å². The summed E-state index contributed by atoms with van der Waals surface area (Å²) in [4.78, 5) is 6.69. The number of fused-ring (bicyclic) bond motifs is 1. The second-order valence-corrected chi connectivity index (χ2v) is 8.46. The molecule has 0 amide bonds. The highest BCUT2D eigenvalue weighted by molar-refractivity contribution is 5.95. The van der Waals surface area contributed by atoms with Gasteiger partial charge in [-0.3, -0.25) is 5.10 Å². The number of methoxy groups -OCH3 is 1. The maximum Gasteiger partial charge on any atom is 0.162 e. The van der Waals surface area contributed by atoms with Gasteiger partial charge >= 0.3 is 0 Å². The van der Waals surface area contributed by atoms with Crippen molar-refractivity contribution in [1.29, 1.82) is 5.26 Å². The van der Waals surface area contributed by atoms with Crippen molar-refractivity contribution in [3.8, 4) is 28.8 Å². The molecule has 1 aliphatic heterocycles. The number of anilines is 1. The Labute approximate surface area is 197 Å². The molecule has 1 fully saturated rings. The maximum absolute atomic E-state index is 9.70. The second kappa shape index (κ2) is 8.63. The number of nitrogens with one attached hydrogen (secondary N) is 1. The molecule has 1 aliphatic rings. The fourth-order valence-electron chi connectivity index (χ4n) is 4.42. The fraction of sp³-hybridized carbons (Fsp3) is 0.320. The van der Waals surface area contributed by atoms with E-state index >= 15 is 0 Å². The second-order valence-electron chi connectivity index (χ2n) is 8.46. The third kappa shape index (κ3) is 3.67. The van der Waals surface area contributed by atoms with Crippen LogP contribution in [-0.2, 0) is 0 Å². The zero-order chi connectivity index (χ0) is 23.8. The monoisotopic (exact) mass is 455 g/mol. The molecule has 1 N–H and O–H groups in total. The third-order valence-electron chi connectivity index (χ3n) is 6.25. The van der Waals surface area contributed by atoms with Gasteiger partial charge in [-0.05, 0) is 44.9 Å². The number of nitriles is 1. The molecule has 0 saturated carbocycles. The van der Waals surface area contributed by atoms with E-state index in [1.54, 1.807) is 19.5 Å². The highest BCUT2D eigenvalue weighted by Crippen LogP contribution is 2.39. The van der Waals surface area contributed by atoms with Gasteiger partial charge < -0.3 is 14.4 Å². The molecule has 3 aromatic heterocycles. The number of pyridine rings is 1. The first-order valence-corrected chi connectivity index (χ1v) is 11.2. The number of rotatable bonds is 6. The predicted octanol–water partition coefficient (Wildman–Crippen LogP) is 4.26. The number of aromatic amines is 1. The van der Waals surface area contributed by atoms with E-state index in [1.807, 2.05) is 39.0 Å². The van der Waals surface area contributed by atoms with Gasteiger partial charge in [0.25, 0.3) is 0 Å². The van der Waals surface area contributed by atoms with Crippen molar-refractivity contribution in [2.45, 2.75) is 33.3 Å². The van der Waals surface area contributed by atoms with Crippen LogP contribution >= 0.6 is 0 Å². The first-order chi connectivity index (χ1) is 16.5. The van der Waals surface area contributed by atoms with Gasteiger partial charge in [0.1, 0.15) is 23.7 Å². The summed E-state index contributed by atoms with van der Waals surface area (Å²) in [5.41, 5.74) is 5.65. The molecule has 9 heteroatoms. The number of hydrogen-bond acceptors (Lipinski definition) is 8. The van der Waals surface area contributed by atoms with E-state index in [0.717, 1.165) is 58.6 Å². The Kier molecular flexibility index (Phi) is 5.49. The van der Waals surface area contributed by atoms with Crippen molar-refractivity contribution in [3.63, 3.8) is 0 Å². The Morgan fingerprint density at radius 2 is 1.97 bits per heavy atom. The average Bonchev–Trinajstić information content (AvgIpc) is 3.20. The minimum atomic E-state index is -0.264. The highest BCUT2D eigenvalue weighted by atomic mass is 16.5. The first kappa shape index (κ1) is 21.6. The predicted molar refractivity (Wildman–Crippen MR) is 128 cm³/mol. The lowest BCUT2D eigenvalue weighted by Gasteiger charge is -2.32. The molecule has 9 nitrogen and oxygen atoms in total. The van der Waals surface area contributed by atoms with Gasteiger partial charge in [-0.2, -0.15) is 20.6 Å². The van der Waals surface area contributed by atoms with Crippen LogP contribution in [0.25, 0.3) is 22.2 Å². The van der Waals surface area contributed by atoms with Gasteiger partial charge in [0, 0.05) is 41.9 Å². The molecule has 0 unspecified atom stereocenters. The summed E-state index contributed by atoms with van der Waals surface area (Å²) in [5.74, 6) is 1.91. The smallest absolute Gasteiger partial charge is 0.162 e. The molecule has 0 bridgehead atoms. The number of benzene rings is 1. The quantitative estimate of drug-likeness (QED) is 0.459. The summed E-state index contributed by atoms with van der Waals surface area (Å²) in [5, 5.41) is 26.3. The number of H-pyrrole nitrogens is 1. The molecule has 172 valence electrons. The topological polar surface area (TPSA) is 113 Å². The summed E-state index contributed by atoms with van der Waals surface area (Å²) in [7, 11) is 1.61. The van der Waals surface area contributed by atoms with Gasteiger partial charge in [-0.15, -0.1) is 0 Å². The van der Waals surface area contributed by atoms with Crippen LogP contribution < -0.4 is 14.4 Å². The summed E-state index contributed by atoms with van der Waals surface area (Å²) in [6.45, 7) is 7.76. The van der Waals surface area contributed by atoms with Gasteiger partial charge in [-0.25, -0.2) is 4.98 Å². The van der Waals surface area contributed by atoms with Crippen molar-refractivity contribution in [2.24, 2.45) is 0 Å². The molecule has 1 atom stereocenters. The molecule has 34 heavy (non-hydrogen) atoms. The standard InChI is InChI=1S/C25H25N7O2/c1-14-12-28-29-15(2)23(14)16(3)34-22-9-19-20(10-21(22)33-4)30-31-24(19)18-8-17(11-26)25(27-13-18)32-6-5-7-32/h8-10,12-13,16H,5-7H2,1-4H3,(H,30,31)/t16-/m1/s1. The molecule has 5 rings (SSSR count). The van der Waals surface area contributed by atoms with E-state index in [9.17, 15) is 5.26 Å². The van der Waals surface area contributed by atoms with Crippen LogP contribution in [0.4, 0.5) is 5.82 Å². The molecule has 1 aromatic carbocycles. The van der Waals surface area contributed by atoms with Gasteiger partial charge in [-0.1, -0.05) is 0 Å². The Hall–Kier alpha value is -4.19. The van der Waals surface area contributed by atoms with Crippen LogP contribution in [0.1, 0.15) is 41.8 Å².